The number of imide groups is 1. The number of pyridine rings is 2. The molecule has 4 aromatic rings. The van der Waals surface area contributed by atoms with Gasteiger partial charge in [0.2, 0.25) is 0 Å². The molecule has 1 fully saturated rings. The molecule has 2 aromatic heterocycles. The highest BCUT2D eigenvalue weighted by atomic mass is 32.2. The lowest BCUT2D eigenvalue weighted by Gasteiger charge is -2.22. The third kappa shape index (κ3) is 7.80. The molecular formula is C28H20F6N4O4S. The lowest BCUT2D eigenvalue weighted by atomic mass is 10.1. The summed E-state index contributed by atoms with van der Waals surface area (Å²) in [4.78, 5) is 47.2. The fourth-order valence-electron chi connectivity index (χ4n) is 4.24. The summed E-state index contributed by atoms with van der Waals surface area (Å²) in [5.74, 6) is -3.22. The van der Waals surface area contributed by atoms with Gasteiger partial charge in [-0.15, -0.1) is 0 Å². The van der Waals surface area contributed by atoms with Crippen LogP contribution in [-0.4, -0.2) is 55.6 Å². The highest BCUT2D eigenvalue weighted by Crippen LogP contribution is 2.38. The van der Waals surface area contributed by atoms with Crippen LogP contribution in [0.15, 0.2) is 90.1 Å². The van der Waals surface area contributed by atoms with E-state index in [4.69, 9.17) is 9.90 Å². The number of para-hydroxylation sites is 1. The predicted molar refractivity (Wildman–Crippen MR) is 144 cm³/mol. The van der Waals surface area contributed by atoms with Gasteiger partial charge in [0.1, 0.15) is 6.04 Å². The summed E-state index contributed by atoms with van der Waals surface area (Å²) in [5, 5.41) is 7.99. The van der Waals surface area contributed by atoms with E-state index in [1.165, 1.54) is 29.2 Å². The van der Waals surface area contributed by atoms with E-state index in [9.17, 15) is 35.9 Å². The highest BCUT2D eigenvalue weighted by Gasteiger charge is 2.46. The number of carboxylic acid groups (broad SMARTS) is 1. The van der Waals surface area contributed by atoms with Gasteiger partial charge >= 0.3 is 23.7 Å². The van der Waals surface area contributed by atoms with Gasteiger partial charge in [0.15, 0.2) is 0 Å². The molecule has 5 rings (SSSR count). The quantitative estimate of drug-likeness (QED) is 0.150. The number of hydrogen-bond acceptors (Lipinski definition) is 6. The number of thioether (sulfide) groups is 1. The Balaban J connectivity index is 0.000000541. The Bertz CT molecular complexity index is 1610. The van der Waals surface area contributed by atoms with Crippen molar-refractivity contribution in [2.75, 3.05) is 4.90 Å². The second-order valence-electron chi connectivity index (χ2n) is 8.96. The second-order valence-corrected chi connectivity index (χ2v) is 10.1. The van der Waals surface area contributed by atoms with Gasteiger partial charge in [-0.3, -0.25) is 14.8 Å². The largest absolute Gasteiger partial charge is 0.490 e. The van der Waals surface area contributed by atoms with Crippen LogP contribution in [0.1, 0.15) is 11.3 Å². The van der Waals surface area contributed by atoms with Crippen LogP contribution in [0.3, 0.4) is 0 Å². The molecule has 1 aliphatic heterocycles. The third-order valence-electron chi connectivity index (χ3n) is 6.10. The molecule has 0 radical (unpaired) electrons. The molecule has 8 nitrogen and oxygen atoms in total. The molecule has 2 aromatic carbocycles. The number of carbonyl (C=O) groups excluding carboxylic acids is 2. The first-order valence-corrected chi connectivity index (χ1v) is 13.1. The number of halogens is 6. The molecule has 0 bridgehead atoms. The van der Waals surface area contributed by atoms with Crippen LogP contribution >= 0.6 is 11.8 Å². The number of carbonyl (C=O) groups is 3. The summed E-state index contributed by atoms with van der Waals surface area (Å²) in [6, 6.07) is 18.5. The first-order valence-electron chi connectivity index (χ1n) is 12.3. The molecular weight excluding hydrogens is 602 g/mol. The van der Waals surface area contributed by atoms with Crippen molar-refractivity contribution in [1.29, 1.82) is 0 Å². The number of anilines is 1. The molecule has 43 heavy (non-hydrogen) atoms. The van der Waals surface area contributed by atoms with Gasteiger partial charge in [-0.05, 0) is 65.9 Å². The van der Waals surface area contributed by atoms with E-state index >= 15 is 0 Å². The second kappa shape index (κ2) is 12.7. The number of nitrogens with zero attached hydrogens (tertiary/aromatic N) is 4. The van der Waals surface area contributed by atoms with Gasteiger partial charge in [-0.1, -0.05) is 24.3 Å². The number of hydrogen-bond donors (Lipinski definition) is 1. The van der Waals surface area contributed by atoms with Gasteiger partial charge in [-0.25, -0.2) is 14.5 Å². The smallest absolute Gasteiger partial charge is 0.475 e. The molecule has 1 atom stereocenters. The lowest BCUT2D eigenvalue weighted by Crippen LogP contribution is -2.36. The number of aromatic nitrogens is 2. The van der Waals surface area contributed by atoms with Crippen LogP contribution < -0.4 is 4.90 Å². The van der Waals surface area contributed by atoms with Gasteiger partial charge < -0.3 is 10.0 Å². The van der Waals surface area contributed by atoms with Crippen LogP contribution in [-0.2, 0) is 22.6 Å². The molecule has 224 valence electrons. The van der Waals surface area contributed by atoms with Crippen LogP contribution in [0, 0.1) is 0 Å². The highest BCUT2D eigenvalue weighted by molar-refractivity contribution is 8.00. The number of benzene rings is 2. The van der Waals surface area contributed by atoms with E-state index in [1.807, 2.05) is 30.3 Å². The van der Waals surface area contributed by atoms with Crippen molar-refractivity contribution in [2.24, 2.45) is 0 Å². The first kappa shape index (κ1) is 31.3. The molecule has 0 unspecified atom stereocenters. The van der Waals surface area contributed by atoms with E-state index in [0.29, 0.717) is 5.69 Å². The monoisotopic (exact) mass is 622 g/mol. The third-order valence-corrected chi connectivity index (χ3v) is 6.84. The minimum atomic E-state index is -5.08. The normalized spacial score (nSPS) is 15.4. The maximum Gasteiger partial charge on any atom is 0.490 e. The molecule has 1 N–H and O–H groups in total. The first-order chi connectivity index (χ1) is 20.2. The Hall–Kier alpha value is -4.66. The molecule has 3 amide bonds. The van der Waals surface area contributed by atoms with Crippen molar-refractivity contribution >= 4 is 46.3 Å². The minimum Gasteiger partial charge on any atom is -0.475 e. The standard InChI is InChI=1S/C26H19F3N4O2S.C2HF3O2/c27-26(28,29)36-20-10-8-19(9-11-20)33-24(34)23(15-18-5-3-4-13-30-18)32(25(33)35)16-17-12-14-31-22-7-2-1-6-21(17)22;3-2(4,5)1(6)7/h1-14,23H,15-16H2;(H,6,7)/t23-;/m0./s1. The molecule has 0 spiro atoms. The average molecular weight is 623 g/mol. The summed E-state index contributed by atoms with van der Waals surface area (Å²) in [7, 11) is 0. The van der Waals surface area contributed by atoms with Crippen molar-refractivity contribution in [3.8, 4) is 0 Å². The maximum absolute atomic E-state index is 13.6. The van der Waals surface area contributed by atoms with Gasteiger partial charge in [0.25, 0.3) is 5.91 Å². The Morgan fingerprint density at radius 3 is 2.12 bits per heavy atom. The zero-order valence-electron chi connectivity index (χ0n) is 21.7. The van der Waals surface area contributed by atoms with Crippen molar-refractivity contribution in [1.82, 2.24) is 14.9 Å². The molecule has 0 aliphatic carbocycles. The fourth-order valence-corrected chi connectivity index (χ4v) is 4.78. The van der Waals surface area contributed by atoms with Crippen LogP contribution in [0.25, 0.3) is 10.9 Å². The Labute approximate surface area is 244 Å². The van der Waals surface area contributed by atoms with Gasteiger partial charge in [0.05, 0.1) is 11.2 Å². The van der Waals surface area contributed by atoms with E-state index in [0.717, 1.165) is 21.4 Å². The van der Waals surface area contributed by atoms with Crippen LogP contribution in [0.4, 0.5) is 36.8 Å². The SMILES string of the molecule is O=C(O)C(F)(F)F.O=C1[C@H](Cc2ccccn2)N(Cc2ccnc3ccccc23)C(=O)N1c1ccc(SC(F)(F)F)cc1. The molecule has 1 aliphatic rings. The minimum absolute atomic E-state index is 0.0320. The Morgan fingerprint density at radius 2 is 1.51 bits per heavy atom. The lowest BCUT2D eigenvalue weighted by molar-refractivity contribution is -0.192. The number of alkyl halides is 6. The van der Waals surface area contributed by atoms with E-state index in [1.54, 1.807) is 30.6 Å². The van der Waals surface area contributed by atoms with Crippen molar-refractivity contribution in [2.45, 2.75) is 35.6 Å². The maximum atomic E-state index is 13.6. The van der Waals surface area contributed by atoms with Crippen molar-refractivity contribution in [3.05, 3.63) is 96.4 Å². The molecule has 3 heterocycles. The molecule has 0 saturated carbocycles. The van der Waals surface area contributed by atoms with Gasteiger partial charge in [-0.2, -0.15) is 26.3 Å². The summed E-state index contributed by atoms with van der Waals surface area (Å²) in [6.07, 6.45) is -1.61. The Morgan fingerprint density at radius 1 is 0.860 bits per heavy atom. The van der Waals surface area contributed by atoms with E-state index in [-0.39, 0.29) is 35.3 Å². The number of amides is 3. The summed E-state index contributed by atoms with van der Waals surface area (Å²) in [5.41, 5.74) is -1.98. The van der Waals surface area contributed by atoms with Crippen LogP contribution in [0.2, 0.25) is 0 Å². The van der Waals surface area contributed by atoms with Crippen molar-refractivity contribution in [3.63, 3.8) is 0 Å². The topological polar surface area (TPSA) is 104 Å². The van der Waals surface area contributed by atoms with E-state index < -0.39 is 35.6 Å². The fraction of sp³-hybridized carbons (Fsp3) is 0.179. The average Bonchev–Trinajstić information content (AvgIpc) is 3.17. The number of carboxylic acids is 1. The molecule has 1 saturated heterocycles. The molecule has 15 heteroatoms. The number of aliphatic carboxylic acids is 1. The summed E-state index contributed by atoms with van der Waals surface area (Å²) < 4.78 is 69.9. The zero-order valence-corrected chi connectivity index (χ0v) is 22.5. The van der Waals surface area contributed by atoms with Gasteiger partial charge in [0, 0.05) is 41.3 Å². The summed E-state index contributed by atoms with van der Waals surface area (Å²) >= 11 is -0.254. The number of rotatable bonds is 6. The Kier molecular flexibility index (Phi) is 9.23. The summed E-state index contributed by atoms with van der Waals surface area (Å²) in [6.45, 7) is 0.156. The zero-order chi connectivity index (χ0) is 31.4. The van der Waals surface area contributed by atoms with Crippen molar-refractivity contribution < 1.29 is 45.8 Å². The predicted octanol–water partition coefficient (Wildman–Crippen LogP) is 6.46. The van der Waals surface area contributed by atoms with E-state index in [2.05, 4.69) is 9.97 Å². The number of urea groups is 1. The van der Waals surface area contributed by atoms with Crippen LogP contribution in [0.5, 0.6) is 0 Å². The number of fused-ring (bicyclic) bond motifs is 1.